The molecule has 132 valence electrons. The molecule has 0 aliphatic carbocycles. The van der Waals surface area contributed by atoms with Crippen LogP contribution in [0.2, 0.25) is 0 Å². The number of carbonyl (C=O) groups is 1. The van der Waals surface area contributed by atoms with Gasteiger partial charge in [0.25, 0.3) is 0 Å². The molecule has 0 aliphatic heterocycles. The summed E-state index contributed by atoms with van der Waals surface area (Å²) in [6, 6.07) is 13.2. The first-order valence-corrected chi connectivity index (χ1v) is 10.1. The second-order valence-electron chi connectivity index (χ2n) is 5.44. The summed E-state index contributed by atoms with van der Waals surface area (Å²) in [5.41, 5.74) is 1.74. The highest BCUT2D eigenvalue weighted by atomic mass is 79.9. The molecule has 5 nitrogen and oxygen atoms in total. The van der Waals surface area contributed by atoms with E-state index in [0.29, 0.717) is 16.7 Å². The lowest BCUT2D eigenvalue weighted by atomic mass is 9.91. The van der Waals surface area contributed by atoms with Crippen molar-refractivity contribution in [3.63, 3.8) is 0 Å². The van der Waals surface area contributed by atoms with Crippen LogP contribution in [0.5, 0.6) is 0 Å². The molecule has 0 radical (unpaired) electrons. The number of hydrogen-bond donors (Lipinski definition) is 2. The lowest BCUT2D eigenvalue weighted by Gasteiger charge is -2.14. The summed E-state index contributed by atoms with van der Waals surface area (Å²) in [6.45, 7) is -0.305. The monoisotopic (exact) mass is 424 g/mol. The van der Waals surface area contributed by atoms with Crippen LogP contribution in [0.15, 0.2) is 63.5 Å². The number of aliphatic carboxylic acids is 1. The predicted octanol–water partition coefficient (Wildman–Crippen LogP) is 3.12. The van der Waals surface area contributed by atoms with Gasteiger partial charge in [-0.25, -0.2) is 13.2 Å². The molecule has 2 N–H and O–H groups in total. The van der Waals surface area contributed by atoms with Crippen LogP contribution in [0, 0.1) is 0 Å². The molecule has 0 unspecified atom stereocenters. The minimum Gasteiger partial charge on any atom is -0.478 e. The van der Waals surface area contributed by atoms with E-state index in [4.69, 9.17) is 0 Å². The summed E-state index contributed by atoms with van der Waals surface area (Å²) in [6.07, 6.45) is 1.09. The minimum absolute atomic E-state index is 0.0228. The Morgan fingerprint density at radius 1 is 1.08 bits per heavy atom. The molecule has 0 amide bonds. The normalized spacial score (nSPS) is 12.6. The summed E-state index contributed by atoms with van der Waals surface area (Å²) >= 11 is 3.37. The van der Waals surface area contributed by atoms with E-state index < -0.39 is 15.8 Å². The molecule has 0 fully saturated rings. The highest BCUT2D eigenvalue weighted by Gasteiger charge is 2.18. The van der Waals surface area contributed by atoms with Gasteiger partial charge in [-0.2, -0.15) is 0 Å². The molecule has 0 aromatic heterocycles. The van der Waals surface area contributed by atoms with Crippen LogP contribution in [0.3, 0.4) is 0 Å². The van der Waals surface area contributed by atoms with E-state index in [-0.39, 0.29) is 23.5 Å². The first-order valence-electron chi connectivity index (χ1n) is 7.37. The van der Waals surface area contributed by atoms with Crippen LogP contribution >= 0.6 is 15.9 Å². The molecule has 0 atom stereocenters. The summed E-state index contributed by atoms with van der Waals surface area (Å²) in [5, 5.41) is 18.8. The largest absolute Gasteiger partial charge is 0.478 e. The summed E-state index contributed by atoms with van der Waals surface area (Å²) in [7, 11) is -3.34. The molecule has 0 saturated heterocycles. The predicted molar refractivity (Wildman–Crippen MR) is 99.1 cm³/mol. The molecule has 7 heteroatoms. The summed E-state index contributed by atoms with van der Waals surface area (Å²) < 4.78 is 24.0. The fourth-order valence-electron chi connectivity index (χ4n) is 2.48. The number of benzene rings is 2. The fraction of sp³-hybridized carbons (Fsp3) is 0.167. The highest BCUT2D eigenvalue weighted by molar-refractivity contribution is 9.10. The number of sulfone groups is 1. The number of aliphatic hydroxyl groups is 1. The van der Waals surface area contributed by atoms with E-state index in [9.17, 15) is 23.4 Å². The van der Waals surface area contributed by atoms with Crippen LogP contribution < -0.4 is 0 Å². The third-order valence-corrected chi connectivity index (χ3v) is 5.23. The number of halogens is 1. The van der Waals surface area contributed by atoms with Crippen molar-refractivity contribution in [2.45, 2.75) is 11.3 Å². The van der Waals surface area contributed by atoms with Crippen molar-refractivity contribution in [1.82, 2.24) is 0 Å². The standard InChI is InChI=1S/C18H17BrO5S/c1-25(23,24)15-7-5-12(6-8-15)17(16(9-10-20)18(21)22)13-3-2-4-14(19)11-13/h2-8,11,20H,9-10H2,1H3,(H,21,22)/b17-16+. The van der Waals surface area contributed by atoms with E-state index >= 15 is 0 Å². The maximum Gasteiger partial charge on any atom is 0.332 e. The maximum atomic E-state index is 11.7. The van der Waals surface area contributed by atoms with Gasteiger partial charge in [0, 0.05) is 29.3 Å². The Bertz CT molecular complexity index is 915. The van der Waals surface area contributed by atoms with Gasteiger partial charge in [-0.15, -0.1) is 0 Å². The van der Waals surface area contributed by atoms with Crippen LogP contribution in [-0.2, 0) is 14.6 Å². The zero-order valence-electron chi connectivity index (χ0n) is 13.4. The van der Waals surface area contributed by atoms with Gasteiger partial charge in [0.05, 0.1) is 4.90 Å². The Balaban J connectivity index is 2.71. The lowest BCUT2D eigenvalue weighted by molar-refractivity contribution is -0.132. The van der Waals surface area contributed by atoms with Crippen molar-refractivity contribution in [3.8, 4) is 0 Å². The number of hydrogen-bond acceptors (Lipinski definition) is 4. The van der Waals surface area contributed by atoms with Crippen LogP contribution in [0.25, 0.3) is 5.57 Å². The Morgan fingerprint density at radius 3 is 2.20 bits per heavy atom. The van der Waals surface area contributed by atoms with Gasteiger partial charge in [-0.3, -0.25) is 0 Å². The van der Waals surface area contributed by atoms with Gasteiger partial charge >= 0.3 is 5.97 Å². The number of rotatable bonds is 6. The molecular formula is C18H17BrO5S. The number of carboxylic acids is 1. The van der Waals surface area contributed by atoms with Gasteiger partial charge in [0.1, 0.15) is 0 Å². The molecule has 0 heterocycles. The van der Waals surface area contributed by atoms with Gasteiger partial charge in [-0.05, 0) is 41.0 Å². The van der Waals surface area contributed by atoms with Crippen molar-refractivity contribution >= 4 is 37.3 Å². The Morgan fingerprint density at radius 2 is 1.72 bits per heavy atom. The Hall–Kier alpha value is -1.96. The van der Waals surface area contributed by atoms with Gasteiger partial charge in [0.2, 0.25) is 0 Å². The Kier molecular flexibility index (Phi) is 6.16. The van der Waals surface area contributed by atoms with Crippen molar-refractivity contribution in [2.75, 3.05) is 12.9 Å². The van der Waals surface area contributed by atoms with E-state index in [1.165, 1.54) is 12.1 Å². The van der Waals surface area contributed by atoms with Crippen LogP contribution in [0.1, 0.15) is 17.5 Å². The number of carboxylic acid groups (broad SMARTS) is 1. The lowest BCUT2D eigenvalue weighted by Crippen LogP contribution is -2.08. The van der Waals surface area contributed by atoms with Gasteiger partial charge in [0.15, 0.2) is 9.84 Å². The highest BCUT2D eigenvalue weighted by Crippen LogP contribution is 2.31. The smallest absolute Gasteiger partial charge is 0.332 e. The third kappa shape index (κ3) is 4.78. The van der Waals surface area contributed by atoms with E-state index in [1.807, 2.05) is 6.07 Å². The van der Waals surface area contributed by atoms with Crippen molar-refractivity contribution < 1.29 is 23.4 Å². The molecule has 2 aromatic carbocycles. The van der Waals surface area contributed by atoms with Crippen LogP contribution in [0.4, 0.5) is 0 Å². The molecule has 0 aliphatic rings. The molecule has 25 heavy (non-hydrogen) atoms. The zero-order chi connectivity index (χ0) is 18.6. The van der Waals surface area contributed by atoms with E-state index in [0.717, 1.165) is 10.7 Å². The summed E-state index contributed by atoms with van der Waals surface area (Å²) in [5.74, 6) is -1.13. The second-order valence-corrected chi connectivity index (χ2v) is 8.37. The number of aliphatic hydroxyl groups excluding tert-OH is 1. The third-order valence-electron chi connectivity index (χ3n) is 3.61. The topological polar surface area (TPSA) is 91.7 Å². The minimum atomic E-state index is -3.34. The van der Waals surface area contributed by atoms with Gasteiger partial charge < -0.3 is 10.2 Å². The molecule has 2 aromatic rings. The zero-order valence-corrected chi connectivity index (χ0v) is 15.8. The molecule has 0 saturated carbocycles. The first kappa shape index (κ1) is 19.4. The molecular weight excluding hydrogens is 408 g/mol. The molecule has 0 bridgehead atoms. The van der Waals surface area contributed by atoms with E-state index in [1.54, 1.807) is 30.3 Å². The molecule has 2 rings (SSSR count). The van der Waals surface area contributed by atoms with Crippen molar-refractivity contribution in [2.24, 2.45) is 0 Å². The Labute approximate surface area is 154 Å². The molecule has 0 spiro atoms. The van der Waals surface area contributed by atoms with Crippen molar-refractivity contribution in [3.05, 3.63) is 69.7 Å². The quantitative estimate of drug-likeness (QED) is 0.694. The SMILES string of the molecule is CS(=O)(=O)c1ccc(/C(=C(/CCO)C(=O)O)c2cccc(Br)c2)cc1. The van der Waals surface area contributed by atoms with E-state index in [2.05, 4.69) is 15.9 Å². The van der Waals surface area contributed by atoms with Crippen molar-refractivity contribution in [1.29, 1.82) is 0 Å². The maximum absolute atomic E-state index is 11.7. The first-order chi connectivity index (χ1) is 11.7. The van der Waals surface area contributed by atoms with Crippen LogP contribution in [-0.4, -0.2) is 37.5 Å². The second kappa shape index (κ2) is 7.95. The van der Waals surface area contributed by atoms with Gasteiger partial charge in [-0.1, -0.05) is 40.2 Å². The fourth-order valence-corrected chi connectivity index (χ4v) is 3.51. The summed E-state index contributed by atoms with van der Waals surface area (Å²) in [4.78, 5) is 11.9. The average Bonchev–Trinajstić information content (AvgIpc) is 2.54. The average molecular weight is 425 g/mol.